The summed E-state index contributed by atoms with van der Waals surface area (Å²) in [6.45, 7) is 2.42. The van der Waals surface area contributed by atoms with Gasteiger partial charge in [0.25, 0.3) is 10.0 Å². The average molecular weight is 540 g/mol. The molecule has 8 nitrogen and oxygen atoms in total. The minimum Gasteiger partial charge on any atom is -0.462 e. The number of nitrogens with zero attached hydrogens (tertiary/aromatic N) is 3. The molecule has 0 fully saturated rings. The molecule has 0 radical (unpaired) electrons. The number of aromatic nitrogens is 3. The molecule has 0 saturated carbocycles. The Morgan fingerprint density at radius 3 is 2.33 bits per heavy atom. The first-order valence-corrected chi connectivity index (χ1v) is 13.9. The number of hydrogen-bond acceptors (Lipinski definition) is 6. The first-order valence-electron chi connectivity index (χ1n) is 12.5. The lowest BCUT2D eigenvalue weighted by Crippen LogP contribution is -2.13. The summed E-state index contributed by atoms with van der Waals surface area (Å²) in [7, 11) is -4.02. The molecule has 0 bridgehead atoms. The van der Waals surface area contributed by atoms with Gasteiger partial charge in [0.05, 0.1) is 46.6 Å². The summed E-state index contributed by atoms with van der Waals surface area (Å²) in [5, 5.41) is 1.38. The number of hydrogen-bond donors (Lipinski definition) is 0. The van der Waals surface area contributed by atoms with Crippen LogP contribution in [0.15, 0.2) is 102 Å². The van der Waals surface area contributed by atoms with E-state index in [1.54, 1.807) is 66.3 Å². The van der Waals surface area contributed by atoms with Crippen molar-refractivity contribution in [2.24, 2.45) is 0 Å². The van der Waals surface area contributed by atoms with Crippen LogP contribution < -0.4 is 0 Å². The molecule has 0 aliphatic heterocycles. The third-order valence-corrected chi connectivity index (χ3v) is 8.34. The summed E-state index contributed by atoms with van der Waals surface area (Å²) in [6, 6.07) is 26.9. The normalized spacial score (nSPS) is 11.9. The van der Waals surface area contributed by atoms with E-state index in [0.717, 1.165) is 10.9 Å². The highest BCUT2D eigenvalue weighted by Gasteiger charge is 2.28. The van der Waals surface area contributed by atoms with Gasteiger partial charge in [0.2, 0.25) is 0 Å². The smallest absolute Gasteiger partial charge is 0.340 e. The molecule has 0 aliphatic carbocycles. The van der Waals surface area contributed by atoms with Gasteiger partial charge in [-0.05, 0) is 36.8 Å². The van der Waals surface area contributed by atoms with Crippen LogP contribution in [0.3, 0.4) is 0 Å². The Kier molecular flexibility index (Phi) is 6.38. The van der Waals surface area contributed by atoms with Gasteiger partial charge in [0.15, 0.2) is 0 Å². The lowest BCUT2D eigenvalue weighted by Gasteiger charge is -2.11. The predicted octanol–water partition coefficient (Wildman–Crippen LogP) is 5.73. The first kappa shape index (κ1) is 24.8. The van der Waals surface area contributed by atoms with E-state index < -0.39 is 16.0 Å². The summed E-state index contributed by atoms with van der Waals surface area (Å²) < 4.78 is 42.5. The highest BCUT2D eigenvalue weighted by molar-refractivity contribution is 7.90. The second-order valence-electron chi connectivity index (χ2n) is 9.01. The lowest BCUT2D eigenvalue weighted by molar-refractivity contribution is 0.0528. The zero-order valence-electron chi connectivity index (χ0n) is 21.2. The lowest BCUT2D eigenvalue weighted by atomic mass is 10.1. The number of benzene rings is 4. The Morgan fingerprint density at radius 1 is 0.897 bits per heavy atom. The van der Waals surface area contributed by atoms with Crippen molar-refractivity contribution in [3.63, 3.8) is 0 Å². The molecule has 196 valence electrons. The Morgan fingerprint density at radius 2 is 1.59 bits per heavy atom. The topological polar surface area (TPSA) is 92.4 Å². The molecular formula is C30H25N3O5S. The second kappa shape index (κ2) is 10.0. The van der Waals surface area contributed by atoms with Crippen LogP contribution in [0.5, 0.6) is 0 Å². The van der Waals surface area contributed by atoms with E-state index in [9.17, 15) is 13.2 Å². The molecule has 2 aromatic heterocycles. The second-order valence-corrected chi connectivity index (χ2v) is 10.8. The molecule has 0 spiro atoms. The van der Waals surface area contributed by atoms with Crippen molar-refractivity contribution in [3.8, 4) is 0 Å². The molecule has 2 heterocycles. The van der Waals surface area contributed by atoms with Gasteiger partial charge in [0.1, 0.15) is 12.2 Å². The van der Waals surface area contributed by atoms with E-state index in [0.29, 0.717) is 34.1 Å². The SMILES string of the molecule is CCOC(=O)c1cc2c(c3ccccc3n2S(=O)(=O)c2ccccc2)c2c1ncn2COCc1ccccc1. The van der Waals surface area contributed by atoms with Gasteiger partial charge in [-0.1, -0.05) is 66.7 Å². The Labute approximate surface area is 225 Å². The van der Waals surface area contributed by atoms with Gasteiger partial charge in [-0.15, -0.1) is 0 Å². The van der Waals surface area contributed by atoms with Crippen LogP contribution in [0.2, 0.25) is 0 Å². The molecule has 0 atom stereocenters. The molecule has 0 N–H and O–H groups in total. The maximum absolute atomic E-state index is 14.0. The molecular weight excluding hydrogens is 514 g/mol. The molecule has 0 aliphatic rings. The summed E-state index contributed by atoms with van der Waals surface area (Å²) in [6.07, 6.45) is 1.61. The Bertz CT molecular complexity index is 1930. The molecule has 0 saturated heterocycles. The number of imidazole rings is 1. The molecule has 4 aromatic carbocycles. The van der Waals surface area contributed by atoms with Crippen molar-refractivity contribution >= 4 is 48.8 Å². The van der Waals surface area contributed by atoms with Crippen molar-refractivity contribution in [2.45, 2.75) is 25.2 Å². The third-order valence-electron chi connectivity index (χ3n) is 6.60. The molecule has 9 heteroatoms. The van der Waals surface area contributed by atoms with Crippen molar-refractivity contribution in [3.05, 3.63) is 108 Å². The average Bonchev–Trinajstić information content (AvgIpc) is 3.53. The third kappa shape index (κ3) is 4.25. The van der Waals surface area contributed by atoms with Crippen LogP contribution in [-0.2, 0) is 32.8 Å². The number of carbonyl (C=O) groups is 1. The minimum atomic E-state index is -4.02. The number of rotatable bonds is 8. The van der Waals surface area contributed by atoms with E-state index in [2.05, 4.69) is 4.98 Å². The molecule has 6 aromatic rings. The van der Waals surface area contributed by atoms with Crippen molar-refractivity contribution in [1.82, 2.24) is 13.5 Å². The van der Waals surface area contributed by atoms with Gasteiger partial charge >= 0.3 is 5.97 Å². The van der Waals surface area contributed by atoms with E-state index >= 15 is 0 Å². The van der Waals surface area contributed by atoms with Crippen LogP contribution in [0, 0.1) is 0 Å². The fraction of sp³-hybridized carbons (Fsp3) is 0.133. The van der Waals surface area contributed by atoms with Crippen LogP contribution in [-0.4, -0.2) is 34.5 Å². The van der Waals surface area contributed by atoms with E-state index in [4.69, 9.17) is 9.47 Å². The molecule has 6 rings (SSSR count). The molecule has 0 amide bonds. The van der Waals surface area contributed by atoms with Crippen LogP contribution >= 0.6 is 0 Å². The van der Waals surface area contributed by atoms with Gasteiger partial charge < -0.3 is 14.0 Å². The van der Waals surface area contributed by atoms with Gasteiger partial charge in [-0.3, -0.25) is 0 Å². The maximum atomic E-state index is 14.0. The minimum absolute atomic E-state index is 0.144. The predicted molar refractivity (Wildman–Crippen MR) is 149 cm³/mol. The largest absolute Gasteiger partial charge is 0.462 e. The van der Waals surface area contributed by atoms with Gasteiger partial charge in [-0.25, -0.2) is 22.2 Å². The number of ether oxygens (including phenoxy) is 2. The fourth-order valence-electron chi connectivity index (χ4n) is 4.91. The molecule has 39 heavy (non-hydrogen) atoms. The highest BCUT2D eigenvalue weighted by Crippen LogP contribution is 2.38. The van der Waals surface area contributed by atoms with Crippen LogP contribution in [0.1, 0.15) is 22.8 Å². The number of carbonyl (C=O) groups excluding carboxylic acids is 1. The zero-order valence-corrected chi connectivity index (χ0v) is 22.0. The summed E-state index contributed by atoms with van der Waals surface area (Å²) in [4.78, 5) is 17.8. The maximum Gasteiger partial charge on any atom is 0.340 e. The van der Waals surface area contributed by atoms with Gasteiger partial charge in [0, 0.05) is 10.8 Å². The summed E-state index contributed by atoms with van der Waals surface area (Å²) >= 11 is 0. The van der Waals surface area contributed by atoms with Gasteiger partial charge in [-0.2, -0.15) is 0 Å². The van der Waals surface area contributed by atoms with Crippen LogP contribution in [0.4, 0.5) is 0 Å². The highest BCUT2D eigenvalue weighted by atomic mass is 32.2. The van der Waals surface area contributed by atoms with E-state index in [1.807, 2.05) is 42.5 Å². The van der Waals surface area contributed by atoms with E-state index in [-0.39, 0.29) is 23.8 Å². The first-order chi connectivity index (χ1) is 19.0. The zero-order chi connectivity index (χ0) is 27.0. The Hall–Kier alpha value is -4.47. The summed E-state index contributed by atoms with van der Waals surface area (Å²) in [5.41, 5.74) is 3.08. The monoisotopic (exact) mass is 539 g/mol. The Balaban J connectivity index is 1.63. The van der Waals surface area contributed by atoms with Crippen LogP contribution in [0.25, 0.3) is 32.8 Å². The standard InChI is InChI=1S/C30H25N3O5S/c1-2-38-30(34)24-17-26-27(29-28(24)31-19-32(29)20-37-18-21-11-5-3-6-12-21)23-15-9-10-16-25(23)33(26)39(35,36)22-13-7-4-8-14-22/h3-17,19H,2,18,20H2,1H3. The number of para-hydroxylation sites is 1. The van der Waals surface area contributed by atoms with Crippen molar-refractivity contribution in [1.29, 1.82) is 0 Å². The van der Waals surface area contributed by atoms with E-state index in [1.165, 1.54) is 3.97 Å². The fourth-order valence-corrected chi connectivity index (χ4v) is 6.45. The quantitative estimate of drug-likeness (QED) is 0.229. The number of fused-ring (bicyclic) bond motifs is 5. The van der Waals surface area contributed by atoms with Crippen molar-refractivity contribution in [2.75, 3.05) is 6.61 Å². The molecule has 0 unspecified atom stereocenters. The van der Waals surface area contributed by atoms with Crippen molar-refractivity contribution < 1.29 is 22.7 Å². The summed E-state index contributed by atoms with van der Waals surface area (Å²) in [5.74, 6) is -0.575. The number of esters is 1.